The first-order chi connectivity index (χ1) is 12.0. The second-order valence-electron chi connectivity index (χ2n) is 5.59. The highest BCUT2D eigenvalue weighted by molar-refractivity contribution is 6.33. The molecule has 0 radical (unpaired) electrons. The van der Waals surface area contributed by atoms with Gasteiger partial charge in [-0.1, -0.05) is 41.9 Å². The lowest BCUT2D eigenvalue weighted by Crippen LogP contribution is -2.33. The predicted molar refractivity (Wildman–Crippen MR) is 98.9 cm³/mol. The van der Waals surface area contributed by atoms with E-state index in [9.17, 15) is 9.59 Å². The number of aromatic nitrogens is 1. The fraction of sp³-hybridized carbons (Fsp3) is 0.105. The molecule has 0 aliphatic heterocycles. The Labute approximate surface area is 150 Å². The predicted octanol–water partition coefficient (Wildman–Crippen LogP) is 3.57. The summed E-state index contributed by atoms with van der Waals surface area (Å²) in [5.41, 5.74) is 1.80. The minimum atomic E-state index is -0.401. The number of amides is 2. The summed E-state index contributed by atoms with van der Waals surface area (Å²) in [7, 11) is 0. The fourth-order valence-electron chi connectivity index (χ4n) is 2.46. The number of halogens is 1. The van der Waals surface area contributed by atoms with E-state index in [1.807, 2.05) is 43.3 Å². The Morgan fingerprint density at radius 1 is 1.12 bits per heavy atom. The Balaban J connectivity index is 1.66. The molecule has 0 bridgehead atoms. The van der Waals surface area contributed by atoms with Crippen LogP contribution in [0, 0.1) is 6.92 Å². The van der Waals surface area contributed by atoms with Gasteiger partial charge in [0.15, 0.2) is 0 Å². The van der Waals surface area contributed by atoms with Gasteiger partial charge in [-0.2, -0.15) is 0 Å². The molecule has 126 valence electrons. The van der Waals surface area contributed by atoms with E-state index in [4.69, 9.17) is 11.6 Å². The number of aryl methyl sites for hydroxylation is 1. The van der Waals surface area contributed by atoms with Crippen LogP contribution in [0.15, 0.2) is 54.7 Å². The zero-order valence-electron chi connectivity index (χ0n) is 13.5. The number of anilines is 1. The highest BCUT2D eigenvalue weighted by atomic mass is 35.5. The van der Waals surface area contributed by atoms with E-state index in [0.717, 1.165) is 16.3 Å². The summed E-state index contributed by atoms with van der Waals surface area (Å²) < 4.78 is 0. The van der Waals surface area contributed by atoms with Crippen LogP contribution in [-0.2, 0) is 4.79 Å². The van der Waals surface area contributed by atoms with Crippen LogP contribution in [0.3, 0.4) is 0 Å². The number of carbonyl (C=O) groups excluding carboxylic acids is 2. The molecule has 0 unspecified atom stereocenters. The third-order valence-corrected chi connectivity index (χ3v) is 4.01. The van der Waals surface area contributed by atoms with E-state index in [1.54, 1.807) is 18.3 Å². The summed E-state index contributed by atoms with van der Waals surface area (Å²) in [4.78, 5) is 28.5. The minimum Gasteiger partial charge on any atom is -0.342 e. The van der Waals surface area contributed by atoms with Gasteiger partial charge < -0.3 is 10.6 Å². The van der Waals surface area contributed by atoms with Crippen molar-refractivity contribution in [2.75, 3.05) is 11.9 Å². The molecule has 3 aromatic rings. The smallest absolute Gasteiger partial charge is 0.270 e. The van der Waals surface area contributed by atoms with Crippen LogP contribution >= 0.6 is 11.6 Å². The number of benzene rings is 2. The van der Waals surface area contributed by atoms with E-state index in [-0.39, 0.29) is 12.5 Å². The molecule has 2 N–H and O–H groups in total. The molecule has 3 rings (SSSR count). The van der Waals surface area contributed by atoms with Crippen LogP contribution in [0.25, 0.3) is 10.8 Å². The lowest BCUT2D eigenvalue weighted by molar-refractivity contribution is -0.115. The van der Waals surface area contributed by atoms with Crippen molar-refractivity contribution >= 4 is 39.9 Å². The summed E-state index contributed by atoms with van der Waals surface area (Å²) in [5, 5.41) is 7.37. The Bertz CT molecular complexity index is 951. The maximum atomic E-state index is 12.3. The van der Waals surface area contributed by atoms with Gasteiger partial charge in [-0.05, 0) is 36.1 Å². The van der Waals surface area contributed by atoms with Gasteiger partial charge in [0.05, 0.1) is 17.3 Å². The average molecular weight is 354 g/mol. The lowest BCUT2D eigenvalue weighted by atomic mass is 10.1. The molecule has 2 aromatic carbocycles. The molecule has 2 amide bonds. The molecule has 0 aliphatic rings. The largest absolute Gasteiger partial charge is 0.342 e. The van der Waals surface area contributed by atoms with Gasteiger partial charge >= 0.3 is 0 Å². The van der Waals surface area contributed by atoms with Crippen LogP contribution < -0.4 is 10.6 Å². The van der Waals surface area contributed by atoms with Gasteiger partial charge in [0.25, 0.3) is 5.91 Å². The Hall–Kier alpha value is -2.92. The van der Waals surface area contributed by atoms with Crippen molar-refractivity contribution in [2.45, 2.75) is 6.92 Å². The van der Waals surface area contributed by atoms with Gasteiger partial charge in [0, 0.05) is 11.6 Å². The quantitative estimate of drug-likeness (QED) is 0.753. The Morgan fingerprint density at radius 3 is 2.72 bits per heavy atom. The van der Waals surface area contributed by atoms with E-state index in [0.29, 0.717) is 16.4 Å². The van der Waals surface area contributed by atoms with Crippen molar-refractivity contribution in [3.8, 4) is 0 Å². The summed E-state index contributed by atoms with van der Waals surface area (Å²) >= 11 is 6.09. The van der Waals surface area contributed by atoms with Crippen molar-refractivity contribution in [1.29, 1.82) is 0 Å². The van der Waals surface area contributed by atoms with Crippen molar-refractivity contribution < 1.29 is 9.59 Å². The van der Waals surface area contributed by atoms with Crippen LogP contribution in [0.5, 0.6) is 0 Å². The molecule has 0 fully saturated rings. The summed E-state index contributed by atoms with van der Waals surface area (Å²) in [5.74, 6) is -0.763. The second kappa shape index (κ2) is 7.32. The molecule has 6 heteroatoms. The van der Waals surface area contributed by atoms with Gasteiger partial charge in [-0.25, -0.2) is 0 Å². The molecule has 0 aliphatic carbocycles. The van der Waals surface area contributed by atoms with Gasteiger partial charge in [0.1, 0.15) is 5.69 Å². The molecule has 1 aromatic heterocycles. The lowest BCUT2D eigenvalue weighted by Gasteiger charge is -2.09. The number of hydrogen-bond donors (Lipinski definition) is 2. The highest BCUT2D eigenvalue weighted by Crippen LogP contribution is 2.22. The molecule has 0 spiro atoms. The summed E-state index contributed by atoms with van der Waals surface area (Å²) in [6.07, 6.45) is 1.57. The SMILES string of the molecule is Cc1ccc(NC(=O)CNC(=O)c2nccc3ccccc23)c(Cl)c1. The Kier molecular flexibility index (Phi) is 4.95. The zero-order valence-corrected chi connectivity index (χ0v) is 14.3. The molecule has 0 saturated carbocycles. The van der Waals surface area contributed by atoms with Crippen molar-refractivity contribution in [1.82, 2.24) is 10.3 Å². The van der Waals surface area contributed by atoms with Crippen LogP contribution in [0.1, 0.15) is 16.1 Å². The molecule has 5 nitrogen and oxygen atoms in total. The van der Waals surface area contributed by atoms with Crippen molar-refractivity contribution in [3.63, 3.8) is 0 Å². The van der Waals surface area contributed by atoms with E-state index in [1.165, 1.54) is 0 Å². The molecule has 25 heavy (non-hydrogen) atoms. The minimum absolute atomic E-state index is 0.173. The second-order valence-corrected chi connectivity index (χ2v) is 6.00. The van der Waals surface area contributed by atoms with E-state index < -0.39 is 5.91 Å². The molecule has 0 atom stereocenters. The summed E-state index contributed by atoms with van der Waals surface area (Å²) in [6.45, 7) is 1.74. The number of fused-ring (bicyclic) bond motifs is 1. The number of nitrogens with one attached hydrogen (secondary N) is 2. The number of rotatable bonds is 4. The maximum Gasteiger partial charge on any atom is 0.270 e. The van der Waals surface area contributed by atoms with E-state index in [2.05, 4.69) is 15.6 Å². The summed E-state index contributed by atoms with van der Waals surface area (Å²) in [6, 6.07) is 14.6. The average Bonchev–Trinajstić information content (AvgIpc) is 2.61. The third kappa shape index (κ3) is 3.95. The number of nitrogens with zero attached hydrogens (tertiary/aromatic N) is 1. The van der Waals surface area contributed by atoms with Gasteiger partial charge in [0.2, 0.25) is 5.91 Å². The zero-order chi connectivity index (χ0) is 17.8. The monoisotopic (exact) mass is 353 g/mol. The topological polar surface area (TPSA) is 71.1 Å². The number of hydrogen-bond acceptors (Lipinski definition) is 3. The molecular formula is C19H16ClN3O2. The van der Waals surface area contributed by atoms with Crippen molar-refractivity contribution in [2.24, 2.45) is 0 Å². The molecule has 0 saturated heterocycles. The van der Waals surface area contributed by atoms with Crippen molar-refractivity contribution in [3.05, 3.63) is 71.0 Å². The van der Waals surface area contributed by atoms with E-state index >= 15 is 0 Å². The molecule has 1 heterocycles. The standard InChI is InChI=1S/C19H16ClN3O2/c1-12-6-7-16(15(20)10-12)23-17(24)11-22-19(25)18-14-5-3-2-4-13(14)8-9-21-18/h2-10H,11H2,1H3,(H,22,25)(H,23,24). The van der Waals surface area contributed by atoms with Crippen LogP contribution in [-0.4, -0.2) is 23.3 Å². The van der Waals surface area contributed by atoms with Gasteiger partial charge in [-0.15, -0.1) is 0 Å². The highest BCUT2D eigenvalue weighted by Gasteiger charge is 2.13. The number of carbonyl (C=O) groups is 2. The first kappa shape index (κ1) is 16.9. The van der Waals surface area contributed by atoms with Gasteiger partial charge in [-0.3, -0.25) is 14.6 Å². The van der Waals surface area contributed by atoms with Crippen LogP contribution in [0.4, 0.5) is 5.69 Å². The fourth-order valence-corrected chi connectivity index (χ4v) is 2.74. The maximum absolute atomic E-state index is 12.3. The third-order valence-electron chi connectivity index (χ3n) is 3.70. The normalized spacial score (nSPS) is 10.5. The van der Waals surface area contributed by atoms with Crippen LogP contribution in [0.2, 0.25) is 5.02 Å². The first-order valence-electron chi connectivity index (χ1n) is 7.72. The number of pyridine rings is 1. The Morgan fingerprint density at radius 2 is 1.92 bits per heavy atom. The first-order valence-corrected chi connectivity index (χ1v) is 8.10. The molecular weight excluding hydrogens is 338 g/mol.